The van der Waals surface area contributed by atoms with Crippen molar-refractivity contribution in [2.75, 3.05) is 13.7 Å². The number of nitrogens with zero attached hydrogens (tertiary/aromatic N) is 3. The molecule has 3 rings (SSSR count). The summed E-state index contributed by atoms with van der Waals surface area (Å²) in [6.45, 7) is 6.95. The van der Waals surface area contributed by atoms with E-state index >= 15 is 0 Å². The molecular weight excluding hydrogens is 342 g/mol. The number of benzene rings is 1. The maximum absolute atomic E-state index is 12.7. The number of hydrogen-bond acceptors (Lipinski definition) is 4. The average molecular weight is 369 g/mol. The van der Waals surface area contributed by atoms with Gasteiger partial charge in [0.2, 0.25) is 0 Å². The van der Waals surface area contributed by atoms with E-state index in [1.165, 1.54) is 5.56 Å². The summed E-state index contributed by atoms with van der Waals surface area (Å²) in [5.74, 6) is 0.256. The summed E-state index contributed by atoms with van der Waals surface area (Å²) in [7, 11) is 1.80. The molecule has 27 heavy (non-hydrogen) atoms. The fourth-order valence-electron chi connectivity index (χ4n) is 3.33. The van der Waals surface area contributed by atoms with E-state index in [2.05, 4.69) is 23.2 Å². The highest BCUT2D eigenvalue weighted by Gasteiger charge is 2.26. The molecule has 1 aromatic carbocycles. The third kappa shape index (κ3) is 3.89. The predicted molar refractivity (Wildman–Crippen MR) is 104 cm³/mol. The lowest BCUT2D eigenvalue weighted by atomic mass is 9.95. The minimum atomic E-state index is -0.176. The molecule has 6 nitrogen and oxygen atoms in total. The van der Waals surface area contributed by atoms with Gasteiger partial charge in [0, 0.05) is 31.6 Å². The minimum Gasteiger partial charge on any atom is -0.466 e. The standard InChI is InChI=1S/C21H27N3O3/c1-5-27-19(25)9-7-15-6-8-16-10-11-24-18(17(16)12-15)13-22-20(24)21(26)23(4)14(2)3/h6,8,12-14H,5,7,9-11H2,1-4H3. The van der Waals surface area contributed by atoms with Crippen molar-refractivity contribution in [2.45, 2.75) is 52.6 Å². The molecule has 0 saturated heterocycles. The van der Waals surface area contributed by atoms with E-state index < -0.39 is 0 Å². The number of carbonyl (C=O) groups excluding carboxylic acids is 2. The summed E-state index contributed by atoms with van der Waals surface area (Å²) in [6, 6.07) is 6.43. The maximum Gasteiger partial charge on any atom is 0.306 e. The molecular formula is C21H27N3O3. The number of aromatic nitrogens is 2. The molecule has 0 spiro atoms. The molecule has 2 aromatic rings. The minimum absolute atomic E-state index is 0.0573. The van der Waals surface area contributed by atoms with Crippen molar-refractivity contribution in [1.29, 1.82) is 0 Å². The van der Waals surface area contributed by atoms with Crippen LogP contribution in [-0.4, -0.2) is 46.0 Å². The summed E-state index contributed by atoms with van der Waals surface area (Å²) in [6.07, 6.45) is 3.66. The Morgan fingerprint density at radius 1 is 1.33 bits per heavy atom. The monoisotopic (exact) mass is 369 g/mol. The number of esters is 1. The van der Waals surface area contributed by atoms with Crippen LogP contribution in [0.2, 0.25) is 0 Å². The van der Waals surface area contributed by atoms with Gasteiger partial charge in [-0.05, 0) is 50.8 Å². The molecule has 0 N–H and O–H groups in total. The molecule has 1 aromatic heterocycles. The second kappa shape index (κ2) is 7.94. The topological polar surface area (TPSA) is 64.4 Å². The van der Waals surface area contributed by atoms with Crippen LogP contribution in [0, 0.1) is 0 Å². The first-order valence-electron chi connectivity index (χ1n) is 9.52. The van der Waals surface area contributed by atoms with Crippen LogP contribution in [0.4, 0.5) is 0 Å². The Kier molecular flexibility index (Phi) is 5.63. The van der Waals surface area contributed by atoms with Gasteiger partial charge in [-0.2, -0.15) is 0 Å². The summed E-state index contributed by atoms with van der Waals surface area (Å²) in [5.41, 5.74) is 4.40. The molecule has 2 heterocycles. The van der Waals surface area contributed by atoms with Gasteiger partial charge in [-0.15, -0.1) is 0 Å². The second-order valence-corrected chi connectivity index (χ2v) is 7.18. The van der Waals surface area contributed by atoms with Gasteiger partial charge in [0.05, 0.1) is 18.5 Å². The van der Waals surface area contributed by atoms with Gasteiger partial charge in [-0.25, -0.2) is 4.98 Å². The van der Waals surface area contributed by atoms with E-state index in [0.717, 1.165) is 29.8 Å². The first-order chi connectivity index (χ1) is 12.9. The Morgan fingerprint density at radius 3 is 2.81 bits per heavy atom. The van der Waals surface area contributed by atoms with E-state index in [9.17, 15) is 9.59 Å². The lowest BCUT2D eigenvalue weighted by Gasteiger charge is -2.24. The van der Waals surface area contributed by atoms with Crippen molar-refractivity contribution in [3.8, 4) is 11.3 Å². The maximum atomic E-state index is 12.7. The first-order valence-corrected chi connectivity index (χ1v) is 9.52. The molecule has 0 saturated carbocycles. The molecule has 1 amide bonds. The smallest absolute Gasteiger partial charge is 0.306 e. The normalized spacial score (nSPS) is 12.5. The Bertz CT molecular complexity index is 854. The summed E-state index contributed by atoms with van der Waals surface area (Å²) < 4.78 is 7.02. The average Bonchev–Trinajstić information content (AvgIpc) is 3.09. The van der Waals surface area contributed by atoms with E-state index in [1.807, 2.05) is 25.3 Å². The molecule has 0 bridgehead atoms. The highest BCUT2D eigenvalue weighted by Crippen LogP contribution is 2.32. The number of carbonyl (C=O) groups is 2. The third-order valence-electron chi connectivity index (χ3n) is 5.12. The second-order valence-electron chi connectivity index (χ2n) is 7.18. The molecule has 0 aliphatic carbocycles. The van der Waals surface area contributed by atoms with Gasteiger partial charge in [0.15, 0.2) is 5.82 Å². The van der Waals surface area contributed by atoms with Crippen LogP contribution in [0.25, 0.3) is 11.3 Å². The SMILES string of the molecule is CCOC(=O)CCc1ccc2c(c1)-c1cnc(C(=O)N(C)C(C)C)n1CC2. The van der Waals surface area contributed by atoms with E-state index in [-0.39, 0.29) is 17.9 Å². The molecule has 144 valence electrons. The molecule has 0 atom stereocenters. The van der Waals surface area contributed by atoms with E-state index in [0.29, 0.717) is 25.3 Å². The Hall–Kier alpha value is -2.63. The van der Waals surface area contributed by atoms with Gasteiger partial charge >= 0.3 is 5.97 Å². The van der Waals surface area contributed by atoms with E-state index in [4.69, 9.17) is 4.74 Å². The summed E-state index contributed by atoms with van der Waals surface area (Å²) >= 11 is 0. The predicted octanol–water partition coefficient (Wildman–Crippen LogP) is 3.08. The van der Waals surface area contributed by atoms with Crippen LogP contribution in [0.1, 0.15) is 48.9 Å². The van der Waals surface area contributed by atoms with E-state index in [1.54, 1.807) is 18.1 Å². The molecule has 1 aliphatic heterocycles. The number of hydrogen-bond donors (Lipinski definition) is 0. The molecule has 0 unspecified atom stereocenters. The van der Waals surface area contributed by atoms with Gasteiger partial charge in [0.1, 0.15) is 0 Å². The van der Waals surface area contributed by atoms with Crippen molar-refractivity contribution < 1.29 is 14.3 Å². The van der Waals surface area contributed by atoms with Crippen LogP contribution >= 0.6 is 0 Å². The van der Waals surface area contributed by atoms with Crippen molar-refractivity contribution in [3.05, 3.63) is 41.3 Å². The molecule has 1 aliphatic rings. The zero-order valence-electron chi connectivity index (χ0n) is 16.5. The van der Waals surface area contributed by atoms with Crippen LogP contribution in [0.3, 0.4) is 0 Å². The number of amides is 1. The Morgan fingerprint density at radius 2 is 2.11 bits per heavy atom. The van der Waals surface area contributed by atoms with Gasteiger partial charge in [-0.1, -0.05) is 12.1 Å². The number of imidazole rings is 1. The van der Waals surface area contributed by atoms with Crippen molar-refractivity contribution in [2.24, 2.45) is 0 Å². The van der Waals surface area contributed by atoms with Crippen LogP contribution in [0.5, 0.6) is 0 Å². The van der Waals surface area contributed by atoms with Crippen LogP contribution < -0.4 is 0 Å². The summed E-state index contributed by atoms with van der Waals surface area (Å²) in [5, 5.41) is 0. The first kappa shape index (κ1) is 19.1. The lowest BCUT2D eigenvalue weighted by molar-refractivity contribution is -0.143. The number of ether oxygens (including phenoxy) is 1. The lowest BCUT2D eigenvalue weighted by Crippen LogP contribution is -2.35. The summed E-state index contributed by atoms with van der Waals surface area (Å²) in [4.78, 5) is 30.5. The Labute approximate surface area is 160 Å². The number of fused-ring (bicyclic) bond motifs is 3. The zero-order valence-corrected chi connectivity index (χ0v) is 16.5. The highest BCUT2D eigenvalue weighted by atomic mass is 16.5. The van der Waals surface area contributed by atoms with Crippen LogP contribution in [-0.2, 0) is 28.9 Å². The van der Waals surface area contributed by atoms with Gasteiger partial charge in [0.25, 0.3) is 5.91 Å². The van der Waals surface area contributed by atoms with Gasteiger partial charge in [-0.3, -0.25) is 9.59 Å². The van der Waals surface area contributed by atoms with Crippen molar-refractivity contribution in [3.63, 3.8) is 0 Å². The zero-order chi connectivity index (χ0) is 19.6. The highest BCUT2D eigenvalue weighted by molar-refractivity contribution is 5.92. The fraction of sp³-hybridized carbons (Fsp3) is 0.476. The van der Waals surface area contributed by atoms with Crippen molar-refractivity contribution >= 4 is 11.9 Å². The number of rotatable bonds is 6. The molecule has 0 fully saturated rings. The van der Waals surface area contributed by atoms with Crippen LogP contribution in [0.15, 0.2) is 24.4 Å². The van der Waals surface area contributed by atoms with Crippen molar-refractivity contribution in [1.82, 2.24) is 14.5 Å². The fourth-order valence-corrected chi connectivity index (χ4v) is 3.33. The Balaban J connectivity index is 1.86. The third-order valence-corrected chi connectivity index (χ3v) is 5.12. The molecule has 0 radical (unpaired) electrons. The number of aryl methyl sites for hydroxylation is 2. The molecule has 6 heteroatoms. The largest absolute Gasteiger partial charge is 0.466 e. The van der Waals surface area contributed by atoms with Gasteiger partial charge < -0.3 is 14.2 Å². The quantitative estimate of drug-likeness (QED) is 0.734.